The molecule has 0 aliphatic rings. The fraction of sp³-hybridized carbons (Fsp3) is 0.857. The molecular formula is C7H16N2O2. The summed E-state index contributed by atoms with van der Waals surface area (Å²) in [6, 6.07) is 0. The molecule has 1 amide bonds. The third-order valence-electron chi connectivity index (χ3n) is 1.09. The molecule has 3 N–H and O–H groups in total. The van der Waals surface area contributed by atoms with Gasteiger partial charge in [-0.2, -0.15) is 0 Å². The Balaban J connectivity index is 2.85. The Morgan fingerprint density at radius 3 is 2.82 bits per heavy atom. The smallest absolute Gasteiger partial charge is 0.243 e. The third kappa shape index (κ3) is 9.39. The van der Waals surface area contributed by atoms with Crippen molar-refractivity contribution in [1.29, 1.82) is 0 Å². The van der Waals surface area contributed by atoms with Crippen molar-refractivity contribution in [1.82, 2.24) is 5.32 Å². The maximum absolute atomic E-state index is 10.2. The van der Waals surface area contributed by atoms with Gasteiger partial charge in [0.05, 0.1) is 6.61 Å². The number of nitrogens with one attached hydrogen (secondary N) is 1. The Labute approximate surface area is 67.1 Å². The second kappa shape index (κ2) is 7.50. The maximum atomic E-state index is 10.2. The number of amides is 1. The van der Waals surface area contributed by atoms with Crippen molar-refractivity contribution in [2.75, 3.05) is 26.3 Å². The van der Waals surface area contributed by atoms with Crippen LogP contribution in [-0.2, 0) is 9.53 Å². The van der Waals surface area contributed by atoms with Gasteiger partial charge < -0.3 is 15.8 Å². The topological polar surface area (TPSA) is 64.3 Å². The van der Waals surface area contributed by atoms with Crippen molar-refractivity contribution in [3.8, 4) is 0 Å². The Hall–Kier alpha value is -0.610. The van der Waals surface area contributed by atoms with Crippen LogP contribution in [0.25, 0.3) is 0 Å². The minimum Gasteiger partial charge on any atom is -0.370 e. The van der Waals surface area contributed by atoms with Gasteiger partial charge in [-0.1, -0.05) is 6.92 Å². The van der Waals surface area contributed by atoms with E-state index in [1.165, 1.54) is 0 Å². The Morgan fingerprint density at radius 1 is 1.55 bits per heavy atom. The van der Waals surface area contributed by atoms with Crippen LogP contribution in [0.1, 0.15) is 13.3 Å². The van der Waals surface area contributed by atoms with Crippen molar-refractivity contribution in [2.24, 2.45) is 5.73 Å². The molecule has 0 aliphatic carbocycles. The van der Waals surface area contributed by atoms with Gasteiger partial charge in [0.2, 0.25) is 5.91 Å². The van der Waals surface area contributed by atoms with Gasteiger partial charge in [-0.05, 0) is 13.0 Å². The van der Waals surface area contributed by atoms with E-state index in [9.17, 15) is 4.79 Å². The van der Waals surface area contributed by atoms with Gasteiger partial charge in [0.25, 0.3) is 0 Å². The first-order chi connectivity index (χ1) is 5.27. The molecule has 0 fully saturated rings. The second-order valence-electron chi connectivity index (χ2n) is 2.27. The zero-order valence-corrected chi connectivity index (χ0v) is 6.93. The third-order valence-corrected chi connectivity index (χ3v) is 1.09. The standard InChI is InChI=1S/C7H16N2O2/c1-2-3-9-4-5-11-6-7(8)10/h9H,2-6H2,1H3,(H2,8,10). The molecule has 0 rings (SSSR count). The minimum absolute atomic E-state index is 0.0216. The van der Waals surface area contributed by atoms with Crippen molar-refractivity contribution >= 4 is 5.91 Å². The monoisotopic (exact) mass is 160 g/mol. The van der Waals surface area contributed by atoms with Gasteiger partial charge in [-0.15, -0.1) is 0 Å². The normalized spacial score (nSPS) is 9.91. The number of hydrogen-bond donors (Lipinski definition) is 2. The van der Waals surface area contributed by atoms with Crippen LogP contribution in [-0.4, -0.2) is 32.2 Å². The molecule has 0 saturated heterocycles. The van der Waals surface area contributed by atoms with Crippen molar-refractivity contribution in [3.05, 3.63) is 0 Å². The van der Waals surface area contributed by atoms with E-state index in [1.807, 2.05) is 0 Å². The van der Waals surface area contributed by atoms with Gasteiger partial charge in [0.1, 0.15) is 6.61 Å². The summed E-state index contributed by atoms with van der Waals surface area (Å²) in [5.41, 5.74) is 4.85. The zero-order chi connectivity index (χ0) is 8.53. The fourth-order valence-electron chi connectivity index (χ4n) is 0.619. The van der Waals surface area contributed by atoms with E-state index >= 15 is 0 Å². The van der Waals surface area contributed by atoms with Crippen LogP contribution in [0.4, 0.5) is 0 Å². The van der Waals surface area contributed by atoms with E-state index in [1.54, 1.807) is 0 Å². The van der Waals surface area contributed by atoms with E-state index in [2.05, 4.69) is 12.2 Å². The summed E-state index contributed by atoms with van der Waals surface area (Å²) in [4.78, 5) is 10.2. The van der Waals surface area contributed by atoms with Gasteiger partial charge in [-0.3, -0.25) is 4.79 Å². The number of carbonyl (C=O) groups excluding carboxylic acids is 1. The van der Waals surface area contributed by atoms with Crippen molar-refractivity contribution in [3.63, 3.8) is 0 Å². The van der Waals surface area contributed by atoms with Crippen LogP contribution >= 0.6 is 0 Å². The number of rotatable bonds is 7. The molecule has 0 aromatic rings. The predicted molar refractivity (Wildman–Crippen MR) is 43.2 cm³/mol. The summed E-state index contributed by atoms with van der Waals surface area (Å²) in [5.74, 6) is -0.416. The SMILES string of the molecule is CCCNCCOCC(N)=O. The number of hydrogen-bond acceptors (Lipinski definition) is 3. The first kappa shape index (κ1) is 10.4. The average molecular weight is 160 g/mol. The van der Waals surface area contributed by atoms with Gasteiger partial charge in [-0.25, -0.2) is 0 Å². The largest absolute Gasteiger partial charge is 0.370 e. The molecule has 0 saturated carbocycles. The lowest BCUT2D eigenvalue weighted by Gasteiger charge is -2.02. The van der Waals surface area contributed by atoms with Crippen LogP contribution in [0, 0.1) is 0 Å². The van der Waals surface area contributed by atoms with Gasteiger partial charge in [0.15, 0.2) is 0 Å². The van der Waals surface area contributed by atoms with Gasteiger partial charge in [0, 0.05) is 6.54 Å². The van der Waals surface area contributed by atoms with E-state index in [0.29, 0.717) is 6.61 Å². The summed E-state index contributed by atoms with van der Waals surface area (Å²) in [5, 5.41) is 3.13. The first-order valence-corrected chi connectivity index (χ1v) is 3.84. The molecule has 66 valence electrons. The highest BCUT2D eigenvalue weighted by Crippen LogP contribution is 1.73. The van der Waals surface area contributed by atoms with Crippen LogP contribution in [0.15, 0.2) is 0 Å². The molecule has 4 heteroatoms. The molecule has 0 aliphatic heterocycles. The van der Waals surface area contributed by atoms with E-state index in [4.69, 9.17) is 10.5 Å². The molecule has 0 atom stereocenters. The summed E-state index contributed by atoms with van der Waals surface area (Å²) in [6.45, 7) is 4.43. The lowest BCUT2D eigenvalue weighted by molar-refractivity contribution is -0.122. The highest BCUT2D eigenvalue weighted by Gasteiger charge is 1.91. The van der Waals surface area contributed by atoms with E-state index in [0.717, 1.165) is 19.5 Å². The van der Waals surface area contributed by atoms with Gasteiger partial charge >= 0.3 is 0 Å². The summed E-state index contributed by atoms with van der Waals surface area (Å²) < 4.78 is 4.90. The molecule has 0 bridgehead atoms. The fourth-order valence-corrected chi connectivity index (χ4v) is 0.619. The second-order valence-corrected chi connectivity index (χ2v) is 2.27. The number of primary amides is 1. The molecule has 0 aromatic carbocycles. The van der Waals surface area contributed by atoms with Crippen molar-refractivity contribution < 1.29 is 9.53 Å². The maximum Gasteiger partial charge on any atom is 0.243 e. The minimum atomic E-state index is -0.416. The summed E-state index contributed by atoms with van der Waals surface area (Å²) >= 11 is 0. The first-order valence-electron chi connectivity index (χ1n) is 3.84. The molecular weight excluding hydrogens is 144 g/mol. The highest BCUT2D eigenvalue weighted by molar-refractivity contribution is 5.74. The number of ether oxygens (including phenoxy) is 1. The summed E-state index contributed by atoms with van der Waals surface area (Å²) in [6.07, 6.45) is 1.11. The lowest BCUT2D eigenvalue weighted by atomic mass is 10.5. The number of nitrogens with two attached hydrogens (primary N) is 1. The molecule has 4 nitrogen and oxygen atoms in total. The molecule has 0 aromatic heterocycles. The number of carbonyl (C=O) groups is 1. The van der Waals surface area contributed by atoms with Crippen molar-refractivity contribution in [2.45, 2.75) is 13.3 Å². The van der Waals surface area contributed by atoms with Crippen LogP contribution in [0.3, 0.4) is 0 Å². The quantitative estimate of drug-likeness (QED) is 0.493. The Bertz CT molecular complexity index is 107. The lowest BCUT2D eigenvalue weighted by Crippen LogP contribution is -2.24. The zero-order valence-electron chi connectivity index (χ0n) is 6.93. The predicted octanol–water partition coefficient (Wildman–Crippen LogP) is -0.512. The Morgan fingerprint density at radius 2 is 2.27 bits per heavy atom. The van der Waals surface area contributed by atoms with Crippen LogP contribution in [0.2, 0.25) is 0 Å². The van der Waals surface area contributed by atoms with Crippen LogP contribution < -0.4 is 11.1 Å². The average Bonchev–Trinajstić information content (AvgIpc) is 1.96. The highest BCUT2D eigenvalue weighted by atomic mass is 16.5. The molecule has 0 radical (unpaired) electrons. The molecule has 0 unspecified atom stereocenters. The van der Waals surface area contributed by atoms with Crippen LogP contribution in [0.5, 0.6) is 0 Å². The Kier molecular flexibility index (Phi) is 7.08. The molecule has 11 heavy (non-hydrogen) atoms. The van der Waals surface area contributed by atoms with E-state index < -0.39 is 5.91 Å². The van der Waals surface area contributed by atoms with E-state index in [-0.39, 0.29) is 6.61 Å². The summed E-state index contributed by atoms with van der Waals surface area (Å²) in [7, 11) is 0. The molecule has 0 heterocycles. The molecule has 0 spiro atoms.